The topological polar surface area (TPSA) is 140 Å². The number of hydrogen-bond acceptors (Lipinski definition) is 10. The van der Waals surface area contributed by atoms with Gasteiger partial charge < -0.3 is 14.5 Å². The van der Waals surface area contributed by atoms with Crippen molar-refractivity contribution < 1.29 is 26.7 Å². The van der Waals surface area contributed by atoms with Crippen LogP contribution in [0.5, 0.6) is 0 Å². The first-order chi connectivity index (χ1) is 23.1. The number of carbonyl (C=O) groups excluding carboxylic acids is 1. The van der Waals surface area contributed by atoms with Crippen molar-refractivity contribution in [2.75, 3.05) is 30.8 Å². The molecule has 2 saturated carbocycles. The SMILES string of the molecule is C[C@H]1CN(C(=O)OC(C)(C)C)CCN1c1nc(=O)n(-c2c(C3CC3)nc(S(C)(=O)=O)nc2C2CC2)c2nc(-c3ccccc3F)c(F)cc12. The Morgan fingerprint density at radius 1 is 0.939 bits per heavy atom. The number of piperazine rings is 1. The lowest BCUT2D eigenvalue weighted by Gasteiger charge is -2.41. The number of halogens is 2. The number of sulfone groups is 1. The predicted molar refractivity (Wildman–Crippen MR) is 178 cm³/mol. The van der Waals surface area contributed by atoms with Crippen molar-refractivity contribution >= 4 is 32.8 Å². The molecular formula is C34H37F2N7O5S. The van der Waals surface area contributed by atoms with E-state index in [1.807, 2.05) is 11.8 Å². The van der Waals surface area contributed by atoms with E-state index >= 15 is 8.78 Å². The smallest absolute Gasteiger partial charge is 0.410 e. The summed E-state index contributed by atoms with van der Waals surface area (Å²) in [6.07, 6.45) is 3.51. The highest BCUT2D eigenvalue weighted by Crippen LogP contribution is 2.48. The van der Waals surface area contributed by atoms with Gasteiger partial charge in [-0.3, -0.25) is 0 Å². The molecule has 0 unspecified atom stereocenters. The van der Waals surface area contributed by atoms with E-state index in [1.165, 1.54) is 28.8 Å². The minimum atomic E-state index is -3.79. The van der Waals surface area contributed by atoms with Gasteiger partial charge in [-0.15, -0.1) is 0 Å². The second kappa shape index (κ2) is 11.8. The largest absolute Gasteiger partial charge is 0.444 e. The molecule has 1 aromatic carbocycles. The van der Waals surface area contributed by atoms with Gasteiger partial charge in [0.25, 0.3) is 0 Å². The number of hydrogen-bond donors (Lipinski definition) is 0. The van der Waals surface area contributed by atoms with Gasteiger partial charge in [0.15, 0.2) is 5.65 Å². The first-order valence-corrected chi connectivity index (χ1v) is 18.2. The Bertz CT molecular complexity index is 2150. The third-order valence-corrected chi connectivity index (χ3v) is 9.73. The average Bonchev–Trinajstić information content (AvgIpc) is 3.94. The molecule has 7 rings (SSSR count). The van der Waals surface area contributed by atoms with E-state index in [4.69, 9.17) is 4.74 Å². The summed E-state index contributed by atoms with van der Waals surface area (Å²) >= 11 is 0. The lowest BCUT2D eigenvalue weighted by molar-refractivity contribution is 0.0218. The zero-order chi connectivity index (χ0) is 35.0. The summed E-state index contributed by atoms with van der Waals surface area (Å²) in [7, 11) is -3.79. The standard InChI is InChI=1S/C34H37F2N7O5S/c1-18-17-41(33(45)48-34(2,3)4)14-15-42(18)29-22-16-24(36)27(21-8-6-7-9-23(21)35)37-30(22)43(32(44)40-29)28-25(19-10-11-19)38-31(49(5,46)47)39-26(28)20-12-13-20/h6-9,16,18-20H,10-15,17H2,1-5H3/t18-/m0/s1. The molecule has 258 valence electrons. The van der Waals surface area contributed by atoms with Crippen molar-refractivity contribution in [3.63, 3.8) is 0 Å². The van der Waals surface area contributed by atoms with Crippen LogP contribution in [0.4, 0.5) is 19.4 Å². The minimum Gasteiger partial charge on any atom is -0.444 e. The van der Waals surface area contributed by atoms with Crippen LogP contribution in [0.1, 0.15) is 76.6 Å². The molecule has 15 heteroatoms. The summed E-state index contributed by atoms with van der Waals surface area (Å²) in [5, 5.41) is -0.129. The molecule has 4 heterocycles. The molecule has 3 aliphatic rings. The molecule has 12 nitrogen and oxygen atoms in total. The molecule has 3 fully saturated rings. The lowest BCUT2D eigenvalue weighted by atomic mass is 10.1. The predicted octanol–water partition coefficient (Wildman–Crippen LogP) is 5.12. The molecule has 1 atom stereocenters. The molecule has 0 bridgehead atoms. The van der Waals surface area contributed by atoms with Crippen LogP contribution in [0.3, 0.4) is 0 Å². The minimum absolute atomic E-state index is 0.0101. The van der Waals surface area contributed by atoms with Crippen molar-refractivity contribution in [1.29, 1.82) is 0 Å². The number of benzene rings is 1. The summed E-state index contributed by atoms with van der Waals surface area (Å²) in [6.45, 7) is 7.99. The quantitative estimate of drug-likeness (QED) is 0.250. The normalized spacial score (nSPS) is 18.6. The van der Waals surface area contributed by atoms with Crippen molar-refractivity contribution in [2.24, 2.45) is 0 Å². The number of amides is 1. The van der Waals surface area contributed by atoms with Gasteiger partial charge in [0.1, 0.15) is 28.7 Å². The number of pyridine rings is 1. The van der Waals surface area contributed by atoms with Crippen LogP contribution >= 0.6 is 0 Å². The van der Waals surface area contributed by atoms with Gasteiger partial charge in [-0.1, -0.05) is 12.1 Å². The number of aromatic nitrogens is 5. The number of carbonyl (C=O) groups is 1. The summed E-state index contributed by atoms with van der Waals surface area (Å²) in [4.78, 5) is 48.7. The molecule has 2 aliphatic carbocycles. The third kappa shape index (κ3) is 6.35. The van der Waals surface area contributed by atoms with Gasteiger partial charge in [-0.05, 0) is 71.6 Å². The van der Waals surface area contributed by atoms with Gasteiger partial charge in [0.05, 0.1) is 22.5 Å². The third-order valence-electron chi connectivity index (χ3n) is 8.88. The maximum atomic E-state index is 16.1. The van der Waals surface area contributed by atoms with E-state index in [-0.39, 0.29) is 70.8 Å². The number of ether oxygens (including phenoxy) is 1. The molecular weight excluding hydrogens is 656 g/mol. The first kappa shape index (κ1) is 33.0. The van der Waals surface area contributed by atoms with E-state index in [0.29, 0.717) is 17.1 Å². The van der Waals surface area contributed by atoms with Gasteiger partial charge in [-0.25, -0.2) is 46.3 Å². The monoisotopic (exact) mass is 693 g/mol. The first-order valence-electron chi connectivity index (χ1n) is 16.4. The van der Waals surface area contributed by atoms with Crippen LogP contribution in [0.2, 0.25) is 0 Å². The Balaban J connectivity index is 1.45. The fourth-order valence-corrected chi connectivity index (χ4v) is 6.81. The number of fused-ring (bicyclic) bond motifs is 1. The van der Waals surface area contributed by atoms with E-state index < -0.39 is 38.9 Å². The van der Waals surface area contributed by atoms with Crippen molar-refractivity contribution in [3.8, 4) is 16.9 Å². The number of anilines is 1. The van der Waals surface area contributed by atoms with Crippen LogP contribution in [0.15, 0.2) is 40.3 Å². The molecule has 0 spiro atoms. The summed E-state index contributed by atoms with van der Waals surface area (Å²) in [5.74, 6) is -1.59. The highest BCUT2D eigenvalue weighted by molar-refractivity contribution is 7.90. The number of rotatable bonds is 6. The highest BCUT2D eigenvalue weighted by Gasteiger charge is 2.39. The van der Waals surface area contributed by atoms with Crippen LogP contribution in [0.25, 0.3) is 28.0 Å². The van der Waals surface area contributed by atoms with Crippen LogP contribution in [-0.4, -0.2) is 81.4 Å². The van der Waals surface area contributed by atoms with Crippen molar-refractivity contribution in [2.45, 2.75) is 82.0 Å². The zero-order valence-corrected chi connectivity index (χ0v) is 28.7. The summed E-state index contributed by atoms with van der Waals surface area (Å²) in [5.41, 5.74) is -0.714. The highest BCUT2D eigenvalue weighted by atomic mass is 32.2. The second-order valence-corrected chi connectivity index (χ2v) is 16.0. The van der Waals surface area contributed by atoms with Crippen LogP contribution < -0.4 is 10.6 Å². The van der Waals surface area contributed by atoms with Gasteiger partial charge in [0.2, 0.25) is 15.0 Å². The van der Waals surface area contributed by atoms with Gasteiger partial charge >= 0.3 is 11.8 Å². The Labute approximate surface area is 282 Å². The maximum Gasteiger partial charge on any atom is 0.410 e. The van der Waals surface area contributed by atoms with Crippen LogP contribution in [-0.2, 0) is 14.6 Å². The van der Waals surface area contributed by atoms with E-state index in [9.17, 15) is 18.0 Å². The van der Waals surface area contributed by atoms with E-state index in [1.54, 1.807) is 31.7 Å². The second-order valence-electron chi connectivity index (χ2n) is 14.1. The molecule has 0 radical (unpaired) electrons. The molecule has 49 heavy (non-hydrogen) atoms. The Morgan fingerprint density at radius 2 is 1.57 bits per heavy atom. The van der Waals surface area contributed by atoms with Gasteiger partial charge in [-0.2, -0.15) is 4.98 Å². The molecule has 1 aliphatic heterocycles. The lowest BCUT2D eigenvalue weighted by Crippen LogP contribution is -2.55. The van der Waals surface area contributed by atoms with E-state index in [2.05, 4.69) is 19.9 Å². The molecule has 1 amide bonds. The van der Waals surface area contributed by atoms with Crippen molar-refractivity contribution in [1.82, 2.24) is 29.4 Å². The molecule has 0 N–H and O–H groups in total. The molecule has 3 aromatic heterocycles. The number of nitrogens with zero attached hydrogens (tertiary/aromatic N) is 7. The van der Waals surface area contributed by atoms with Crippen molar-refractivity contribution in [3.05, 3.63) is 63.8 Å². The fraction of sp³-hybridized carbons (Fsp3) is 0.471. The van der Waals surface area contributed by atoms with E-state index in [0.717, 1.165) is 31.9 Å². The summed E-state index contributed by atoms with van der Waals surface area (Å²) < 4.78 is 63.3. The fourth-order valence-electron chi connectivity index (χ4n) is 6.28. The van der Waals surface area contributed by atoms with Crippen LogP contribution in [0, 0.1) is 11.6 Å². The summed E-state index contributed by atoms with van der Waals surface area (Å²) in [6, 6.07) is 6.50. The molecule has 4 aromatic rings. The Kier molecular flexibility index (Phi) is 7.95. The Hall–Kier alpha value is -4.53. The maximum absolute atomic E-state index is 16.1. The Morgan fingerprint density at radius 3 is 2.12 bits per heavy atom. The van der Waals surface area contributed by atoms with Gasteiger partial charge in [0, 0.05) is 49.3 Å². The zero-order valence-electron chi connectivity index (χ0n) is 27.9. The average molecular weight is 694 g/mol. The molecule has 1 saturated heterocycles.